The highest BCUT2D eigenvalue weighted by Crippen LogP contribution is 2.26. The molecule has 0 saturated carbocycles. The maximum atomic E-state index is 12.4. The van der Waals surface area contributed by atoms with Crippen molar-refractivity contribution >= 4 is 40.2 Å². The zero-order chi connectivity index (χ0) is 16.6. The maximum absolute atomic E-state index is 12.4. The third kappa shape index (κ3) is 3.16. The van der Waals surface area contributed by atoms with Gasteiger partial charge in [-0.3, -0.25) is 4.79 Å². The molecule has 1 atom stereocenters. The van der Waals surface area contributed by atoms with Crippen molar-refractivity contribution in [1.29, 1.82) is 0 Å². The van der Waals surface area contributed by atoms with E-state index in [0.29, 0.717) is 27.0 Å². The van der Waals surface area contributed by atoms with Crippen LogP contribution in [-0.4, -0.2) is 16.0 Å². The number of halogens is 2. The Labute approximate surface area is 142 Å². The summed E-state index contributed by atoms with van der Waals surface area (Å²) in [6.07, 6.45) is 1.46. The summed E-state index contributed by atoms with van der Waals surface area (Å²) in [5.74, 6) is -0.237. The van der Waals surface area contributed by atoms with E-state index in [1.54, 1.807) is 25.1 Å². The minimum atomic E-state index is -0.237. The summed E-state index contributed by atoms with van der Waals surface area (Å²) >= 11 is 11.9. The zero-order valence-electron chi connectivity index (χ0n) is 12.4. The first-order valence-electron chi connectivity index (χ1n) is 6.93. The number of nitrogens with one attached hydrogen (secondary N) is 1. The molecule has 0 fully saturated rings. The Bertz CT molecular complexity index is 892. The van der Waals surface area contributed by atoms with Crippen molar-refractivity contribution in [3.05, 3.63) is 57.3 Å². The van der Waals surface area contributed by atoms with Crippen LogP contribution in [0.3, 0.4) is 0 Å². The molecule has 0 aliphatic rings. The van der Waals surface area contributed by atoms with E-state index in [9.17, 15) is 4.79 Å². The number of aromatic nitrogens is 2. The van der Waals surface area contributed by atoms with E-state index in [0.717, 1.165) is 10.9 Å². The quantitative estimate of drug-likeness (QED) is 0.763. The molecule has 0 radical (unpaired) electrons. The summed E-state index contributed by atoms with van der Waals surface area (Å²) in [7, 11) is 0. The van der Waals surface area contributed by atoms with E-state index in [-0.39, 0.29) is 11.9 Å². The summed E-state index contributed by atoms with van der Waals surface area (Å²) in [5, 5.41) is 8.38. The van der Waals surface area contributed by atoms with Gasteiger partial charge in [0.1, 0.15) is 0 Å². The summed E-state index contributed by atoms with van der Waals surface area (Å²) in [5.41, 5.74) is 2.41. The molecule has 2 heterocycles. The van der Waals surface area contributed by atoms with Crippen LogP contribution in [-0.2, 0) is 0 Å². The SMILES string of the molecule is Cc1noc2ncc(C(=O)N[C@H](C)c3ccc(Cl)c(Cl)c3)cc12. The Hall–Kier alpha value is -2.11. The zero-order valence-corrected chi connectivity index (χ0v) is 13.9. The lowest BCUT2D eigenvalue weighted by molar-refractivity contribution is 0.0939. The number of rotatable bonds is 3. The number of nitrogens with zero attached hydrogens (tertiary/aromatic N) is 2. The normalized spacial score (nSPS) is 12.3. The maximum Gasteiger partial charge on any atom is 0.257 e. The van der Waals surface area contributed by atoms with Crippen LogP contribution in [0, 0.1) is 6.92 Å². The van der Waals surface area contributed by atoms with E-state index in [4.69, 9.17) is 27.7 Å². The lowest BCUT2D eigenvalue weighted by Crippen LogP contribution is -2.26. The molecule has 23 heavy (non-hydrogen) atoms. The largest absolute Gasteiger partial charge is 0.345 e. The molecule has 1 aromatic carbocycles. The van der Waals surface area contributed by atoms with Gasteiger partial charge in [-0.2, -0.15) is 0 Å². The highest BCUT2D eigenvalue weighted by atomic mass is 35.5. The van der Waals surface area contributed by atoms with Gasteiger partial charge in [0.2, 0.25) is 0 Å². The van der Waals surface area contributed by atoms with Gasteiger partial charge in [-0.1, -0.05) is 34.4 Å². The van der Waals surface area contributed by atoms with Gasteiger partial charge in [-0.15, -0.1) is 0 Å². The molecule has 0 spiro atoms. The smallest absolute Gasteiger partial charge is 0.257 e. The van der Waals surface area contributed by atoms with Crippen molar-refractivity contribution in [2.24, 2.45) is 0 Å². The topological polar surface area (TPSA) is 68.0 Å². The Morgan fingerprint density at radius 2 is 2.04 bits per heavy atom. The second-order valence-corrected chi connectivity index (χ2v) is 6.03. The van der Waals surface area contributed by atoms with Gasteiger partial charge in [0.15, 0.2) is 0 Å². The molecular weight excluding hydrogens is 337 g/mol. The molecule has 5 nitrogen and oxygen atoms in total. The summed E-state index contributed by atoms with van der Waals surface area (Å²) in [6.45, 7) is 3.67. The summed E-state index contributed by atoms with van der Waals surface area (Å²) < 4.78 is 5.04. The highest BCUT2D eigenvalue weighted by Gasteiger charge is 2.15. The van der Waals surface area contributed by atoms with Gasteiger partial charge in [-0.05, 0) is 37.6 Å². The van der Waals surface area contributed by atoms with E-state index in [1.807, 2.05) is 13.0 Å². The van der Waals surface area contributed by atoms with Gasteiger partial charge in [-0.25, -0.2) is 4.98 Å². The number of hydrogen-bond acceptors (Lipinski definition) is 4. The Balaban J connectivity index is 1.81. The van der Waals surface area contributed by atoms with Gasteiger partial charge in [0.25, 0.3) is 11.6 Å². The average Bonchev–Trinajstić information content (AvgIpc) is 2.90. The third-order valence-electron chi connectivity index (χ3n) is 3.56. The molecule has 0 unspecified atom stereocenters. The monoisotopic (exact) mass is 349 g/mol. The predicted molar refractivity (Wildman–Crippen MR) is 88.9 cm³/mol. The van der Waals surface area contributed by atoms with Crippen molar-refractivity contribution < 1.29 is 9.32 Å². The van der Waals surface area contributed by atoms with Crippen LogP contribution in [0.25, 0.3) is 11.1 Å². The lowest BCUT2D eigenvalue weighted by atomic mass is 10.1. The standard InChI is InChI=1S/C16H13Cl2N3O2/c1-8(10-3-4-13(17)14(18)6-10)20-15(22)11-5-12-9(2)21-23-16(12)19-7-11/h3-8H,1-2H3,(H,20,22)/t8-/m1/s1. The molecule has 7 heteroatoms. The third-order valence-corrected chi connectivity index (χ3v) is 4.30. The van der Waals surface area contributed by atoms with Gasteiger partial charge in [0, 0.05) is 6.20 Å². The number of aryl methyl sites for hydroxylation is 1. The molecule has 2 aromatic heterocycles. The van der Waals surface area contributed by atoms with Crippen LogP contribution in [0.15, 0.2) is 35.0 Å². The van der Waals surface area contributed by atoms with Gasteiger partial charge < -0.3 is 9.84 Å². The minimum absolute atomic E-state index is 0.225. The molecule has 3 rings (SSSR count). The second kappa shape index (κ2) is 6.18. The Kier molecular flexibility index (Phi) is 4.24. The van der Waals surface area contributed by atoms with Crippen molar-refractivity contribution in [2.45, 2.75) is 19.9 Å². The summed E-state index contributed by atoms with van der Waals surface area (Å²) in [4.78, 5) is 16.5. The van der Waals surface area contributed by atoms with Crippen LogP contribution >= 0.6 is 23.2 Å². The predicted octanol–water partition coefficient (Wildman–Crippen LogP) is 4.33. The minimum Gasteiger partial charge on any atom is -0.345 e. The average molecular weight is 350 g/mol. The van der Waals surface area contributed by atoms with E-state index < -0.39 is 0 Å². The number of benzene rings is 1. The van der Waals surface area contributed by atoms with Gasteiger partial charge in [0.05, 0.1) is 32.7 Å². The number of fused-ring (bicyclic) bond motifs is 1. The fourth-order valence-electron chi connectivity index (χ4n) is 2.21. The highest BCUT2D eigenvalue weighted by molar-refractivity contribution is 6.42. The second-order valence-electron chi connectivity index (χ2n) is 5.21. The van der Waals surface area contributed by atoms with Crippen molar-refractivity contribution in [1.82, 2.24) is 15.5 Å². The fourth-order valence-corrected chi connectivity index (χ4v) is 2.52. The molecular formula is C16H13Cl2N3O2. The molecule has 1 amide bonds. The number of carbonyl (C=O) groups is 1. The van der Waals surface area contributed by atoms with Crippen LogP contribution in [0.4, 0.5) is 0 Å². The Morgan fingerprint density at radius 1 is 1.26 bits per heavy atom. The molecule has 1 N–H and O–H groups in total. The number of pyridine rings is 1. The first kappa shape index (κ1) is 15.8. The first-order valence-corrected chi connectivity index (χ1v) is 7.69. The first-order chi connectivity index (χ1) is 11.0. The lowest BCUT2D eigenvalue weighted by Gasteiger charge is -2.15. The van der Waals surface area contributed by atoms with Crippen LogP contribution in [0.1, 0.15) is 34.6 Å². The van der Waals surface area contributed by atoms with Crippen molar-refractivity contribution in [3.63, 3.8) is 0 Å². The van der Waals surface area contributed by atoms with Crippen molar-refractivity contribution in [2.75, 3.05) is 0 Å². The van der Waals surface area contributed by atoms with Crippen LogP contribution in [0.2, 0.25) is 10.0 Å². The molecule has 0 aliphatic heterocycles. The molecule has 0 bridgehead atoms. The molecule has 0 aliphatic carbocycles. The Morgan fingerprint density at radius 3 is 2.78 bits per heavy atom. The summed E-state index contributed by atoms with van der Waals surface area (Å²) in [6, 6.07) is 6.75. The van der Waals surface area contributed by atoms with Crippen LogP contribution < -0.4 is 5.32 Å². The molecule has 118 valence electrons. The number of carbonyl (C=O) groups excluding carboxylic acids is 1. The van der Waals surface area contributed by atoms with Crippen LogP contribution in [0.5, 0.6) is 0 Å². The van der Waals surface area contributed by atoms with E-state index in [2.05, 4.69) is 15.5 Å². The number of amides is 1. The van der Waals surface area contributed by atoms with Gasteiger partial charge >= 0.3 is 0 Å². The van der Waals surface area contributed by atoms with Crippen molar-refractivity contribution in [3.8, 4) is 0 Å². The fraction of sp³-hybridized carbons (Fsp3) is 0.188. The van der Waals surface area contributed by atoms with E-state index >= 15 is 0 Å². The molecule has 0 saturated heterocycles. The molecule has 3 aromatic rings. The number of hydrogen-bond donors (Lipinski definition) is 1. The van der Waals surface area contributed by atoms with E-state index in [1.165, 1.54) is 6.20 Å².